The maximum absolute atomic E-state index is 5.08. The van der Waals surface area contributed by atoms with E-state index in [1.807, 2.05) is 30.6 Å². The fourth-order valence-electron chi connectivity index (χ4n) is 5.13. The van der Waals surface area contributed by atoms with Crippen LogP contribution in [0.3, 0.4) is 0 Å². The summed E-state index contributed by atoms with van der Waals surface area (Å²) in [7, 11) is 0. The van der Waals surface area contributed by atoms with Crippen LogP contribution in [0.1, 0.15) is 11.7 Å². The van der Waals surface area contributed by atoms with Crippen LogP contribution in [0.5, 0.6) is 0 Å². The number of nitrogens with one attached hydrogen (secondary N) is 1. The third kappa shape index (κ3) is 3.80. The number of para-hydroxylation sites is 1. The molecule has 0 saturated heterocycles. The minimum absolute atomic E-state index is 0.0387. The van der Waals surface area contributed by atoms with Gasteiger partial charge in [-0.15, -0.1) is 0 Å². The summed E-state index contributed by atoms with van der Waals surface area (Å²) in [5.74, 6) is 0. The lowest BCUT2D eigenvalue weighted by Crippen LogP contribution is -2.16. The second-order valence-electron chi connectivity index (χ2n) is 9.19. The maximum atomic E-state index is 5.08. The second kappa shape index (κ2) is 8.92. The van der Waals surface area contributed by atoms with Crippen molar-refractivity contribution in [1.29, 1.82) is 0 Å². The molecule has 0 bridgehead atoms. The van der Waals surface area contributed by atoms with Crippen molar-refractivity contribution in [2.75, 3.05) is 0 Å². The largest absolute Gasteiger partial charge is 0.379 e. The highest BCUT2D eigenvalue weighted by Gasteiger charge is 2.15. The maximum Gasteiger partial charge on any atom is 0.0963 e. The van der Waals surface area contributed by atoms with E-state index in [9.17, 15) is 0 Å². The third-order valence-corrected chi connectivity index (χ3v) is 6.91. The highest BCUT2D eigenvalue weighted by molar-refractivity contribution is 6.06. The molecule has 176 valence electrons. The highest BCUT2D eigenvalue weighted by atomic mass is 15.0. The van der Waals surface area contributed by atoms with Crippen molar-refractivity contribution in [1.82, 2.24) is 19.9 Å². The molecule has 0 radical (unpaired) electrons. The summed E-state index contributed by atoms with van der Waals surface area (Å²) in [6.45, 7) is 0. The Hall–Kier alpha value is -4.96. The van der Waals surface area contributed by atoms with Gasteiger partial charge in [-0.3, -0.25) is 9.97 Å². The molecule has 6 aromatic rings. The molecule has 3 aromatic carbocycles. The number of allylic oxidation sites excluding steroid dienone is 2. The minimum Gasteiger partial charge on any atom is -0.379 e. The van der Waals surface area contributed by atoms with Crippen LogP contribution in [0, 0.1) is 0 Å². The van der Waals surface area contributed by atoms with Gasteiger partial charge in [0.25, 0.3) is 0 Å². The zero-order chi connectivity index (χ0) is 24.6. The number of nitrogens with zero attached hydrogens (tertiary/aromatic N) is 3. The topological polar surface area (TPSA) is 42.7 Å². The van der Waals surface area contributed by atoms with Crippen LogP contribution in [-0.2, 0) is 0 Å². The number of aromatic nitrogens is 3. The monoisotopic (exact) mass is 476 g/mol. The molecule has 0 fully saturated rings. The fourth-order valence-corrected chi connectivity index (χ4v) is 5.13. The van der Waals surface area contributed by atoms with Gasteiger partial charge in [-0.25, -0.2) is 0 Å². The summed E-state index contributed by atoms with van der Waals surface area (Å²) >= 11 is 0. The van der Waals surface area contributed by atoms with Crippen molar-refractivity contribution in [2.45, 2.75) is 6.04 Å². The van der Waals surface area contributed by atoms with Crippen LogP contribution in [-0.4, -0.2) is 14.5 Å². The van der Waals surface area contributed by atoms with Crippen molar-refractivity contribution in [3.8, 4) is 28.1 Å². The summed E-state index contributed by atoms with van der Waals surface area (Å²) in [5, 5.41) is 4.57. The molecule has 0 aliphatic carbocycles. The standard InChI is InChI=1S/C33H24N4/c1-2-9-23(10-3-1)25-21-29(36-30(22-25)28-12-6-7-19-34-28)24-15-17-26(18-16-24)37-31-13-5-4-11-27(31)33-32(37)14-8-20-35-33/h1-22,28,34H. The van der Waals surface area contributed by atoms with Crippen LogP contribution in [0.4, 0.5) is 0 Å². The average Bonchev–Trinajstić information content (AvgIpc) is 3.32. The van der Waals surface area contributed by atoms with E-state index in [1.165, 1.54) is 5.56 Å². The van der Waals surface area contributed by atoms with Crippen molar-refractivity contribution >= 4 is 21.9 Å². The van der Waals surface area contributed by atoms with E-state index < -0.39 is 0 Å². The molecular weight excluding hydrogens is 452 g/mol. The number of pyridine rings is 2. The van der Waals surface area contributed by atoms with Gasteiger partial charge in [0.1, 0.15) is 0 Å². The predicted octanol–water partition coefficient (Wildman–Crippen LogP) is 7.62. The SMILES string of the molecule is C1=CNC(c2cc(-c3ccccc3)cc(-c3ccc(-n4c5ccccc5c5ncccc54)cc3)n2)C=C1. The van der Waals surface area contributed by atoms with Crippen LogP contribution >= 0.6 is 0 Å². The molecule has 1 aliphatic rings. The van der Waals surface area contributed by atoms with Crippen molar-refractivity contribution < 1.29 is 0 Å². The Morgan fingerprint density at radius 2 is 1.49 bits per heavy atom. The Bertz CT molecular complexity index is 1740. The van der Waals surface area contributed by atoms with Crippen LogP contribution < -0.4 is 5.32 Å². The van der Waals surface area contributed by atoms with Gasteiger partial charge in [0, 0.05) is 22.8 Å². The number of fused-ring (bicyclic) bond motifs is 3. The smallest absolute Gasteiger partial charge is 0.0963 e. The predicted molar refractivity (Wildman–Crippen MR) is 151 cm³/mol. The molecule has 1 aliphatic heterocycles. The van der Waals surface area contributed by atoms with Gasteiger partial charge >= 0.3 is 0 Å². The third-order valence-electron chi connectivity index (χ3n) is 6.91. The first-order valence-corrected chi connectivity index (χ1v) is 12.5. The molecule has 0 saturated carbocycles. The van der Waals surface area contributed by atoms with Gasteiger partial charge in [-0.2, -0.15) is 0 Å². The molecule has 1 N–H and O–H groups in total. The van der Waals surface area contributed by atoms with Crippen molar-refractivity contribution in [2.24, 2.45) is 0 Å². The molecule has 0 amide bonds. The molecule has 7 rings (SSSR count). The Kier molecular flexibility index (Phi) is 5.14. The van der Waals surface area contributed by atoms with E-state index in [1.54, 1.807) is 0 Å². The van der Waals surface area contributed by atoms with Gasteiger partial charge < -0.3 is 9.88 Å². The number of hydrogen-bond acceptors (Lipinski definition) is 3. The van der Waals surface area contributed by atoms with Crippen LogP contribution in [0.2, 0.25) is 0 Å². The van der Waals surface area contributed by atoms with Gasteiger partial charge in [-0.1, -0.05) is 72.8 Å². The molecule has 4 heterocycles. The Morgan fingerprint density at radius 3 is 2.32 bits per heavy atom. The van der Waals surface area contributed by atoms with Gasteiger partial charge in [0.15, 0.2) is 0 Å². The van der Waals surface area contributed by atoms with E-state index in [0.717, 1.165) is 50.1 Å². The molecule has 1 unspecified atom stereocenters. The summed E-state index contributed by atoms with van der Waals surface area (Å²) in [6, 6.07) is 36.1. The summed E-state index contributed by atoms with van der Waals surface area (Å²) in [6.07, 6.45) is 10.0. The van der Waals surface area contributed by atoms with E-state index in [2.05, 4.69) is 118 Å². The van der Waals surface area contributed by atoms with E-state index >= 15 is 0 Å². The van der Waals surface area contributed by atoms with E-state index in [0.29, 0.717) is 0 Å². The van der Waals surface area contributed by atoms with Gasteiger partial charge in [0.2, 0.25) is 0 Å². The number of dihydropyridines is 1. The average molecular weight is 477 g/mol. The summed E-state index contributed by atoms with van der Waals surface area (Å²) < 4.78 is 2.28. The fraction of sp³-hybridized carbons (Fsp3) is 0.0303. The summed E-state index contributed by atoms with van der Waals surface area (Å²) in [4.78, 5) is 9.75. The Morgan fingerprint density at radius 1 is 0.676 bits per heavy atom. The lowest BCUT2D eigenvalue weighted by atomic mass is 9.99. The second-order valence-corrected chi connectivity index (χ2v) is 9.19. The van der Waals surface area contributed by atoms with Gasteiger partial charge in [0.05, 0.1) is 34.0 Å². The van der Waals surface area contributed by atoms with E-state index in [4.69, 9.17) is 4.98 Å². The normalized spacial score (nSPS) is 14.8. The van der Waals surface area contributed by atoms with Crippen LogP contribution in [0.15, 0.2) is 134 Å². The number of benzene rings is 3. The zero-order valence-corrected chi connectivity index (χ0v) is 20.1. The summed E-state index contributed by atoms with van der Waals surface area (Å²) in [5.41, 5.74) is 9.74. The molecule has 4 nitrogen and oxygen atoms in total. The Labute approximate surface area is 215 Å². The van der Waals surface area contributed by atoms with Crippen molar-refractivity contribution in [3.05, 3.63) is 139 Å². The first-order valence-electron chi connectivity index (χ1n) is 12.5. The molecule has 1 atom stereocenters. The van der Waals surface area contributed by atoms with Gasteiger partial charge in [-0.05, 0) is 65.9 Å². The first-order chi connectivity index (χ1) is 18.3. The van der Waals surface area contributed by atoms with E-state index in [-0.39, 0.29) is 6.04 Å². The van der Waals surface area contributed by atoms with Crippen LogP contribution in [0.25, 0.3) is 50.0 Å². The molecule has 4 heteroatoms. The van der Waals surface area contributed by atoms with Crippen molar-refractivity contribution in [3.63, 3.8) is 0 Å². The molecular formula is C33H24N4. The lowest BCUT2D eigenvalue weighted by Gasteiger charge is -2.18. The lowest BCUT2D eigenvalue weighted by molar-refractivity contribution is 0.722. The minimum atomic E-state index is 0.0387. The first kappa shape index (κ1) is 21.3. The number of rotatable bonds is 4. The number of hydrogen-bond donors (Lipinski definition) is 1. The Balaban J connectivity index is 1.34. The molecule has 0 spiro atoms. The quantitative estimate of drug-likeness (QED) is 0.285. The highest BCUT2D eigenvalue weighted by Crippen LogP contribution is 2.33. The molecule has 3 aromatic heterocycles. The molecule has 37 heavy (non-hydrogen) atoms. The zero-order valence-electron chi connectivity index (χ0n) is 20.1.